The van der Waals surface area contributed by atoms with Gasteiger partial charge in [-0.15, -0.1) is 11.3 Å². The molecule has 1 aromatic carbocycles. The zero-order chi connectivity index (χ0) is 19.4. The molecule has 1 aliphatic rings. The molecule has 0 saturated heterocycles. The standard InChI is InChI=1S/C20H26N2O3S2/c1-3-4-12-21(27(2,24)25)15-19(23)22-13-10-18-17(11-14-26-18)20(22)16-8-6-5-7-9-16/h5-9,11,14,20H,3-4,10,12-13,15H2,1-2H3/t20-/m0/s1. The number of hydrogen-bond acceptors (Lipinski definition) is 4. The third-order valence-corrected chi connectivity index (χ3v) is 7.19. The molecular formula is C20H26N2O3S2. The Labute approximate surface area is 165 Å². The average Bonchev–Trinajstić information content (AvgIpc) is 3.12. The summed E-state index contributed by atoms with van der Waals surface area (Å²) in [6, 6.07) is 11.9. The number of benzene rings is 1. The third kappa shape index (κ3) is 4.59. The number of hydrogen-bond donors (Lipinski definition) is 0. The maximum absolute atomic E-state index is 13.2. The quantitative estimate of drug-likeness (QED) is 0.709. The van der Waals surface area contributed by atoms with Crippen LogP contribution >= 0.6 is 11.3 Å². The fraction of sp³-hybridized carbons (Fsp3) is 0.450. The first-order chi connectivity index (χ1) is 12.9. The molecule has 0 saturated carbocycles. The van der Waals surface area contributed by atoms with Crippen LogP contribution in [-0.2, 0) is 21.2 Å². The first-order valence-electron chi connectivity index (χ1n) is 9.27. The van der Waals surface area contributed by atoms with Crippen molar-refractivity contribution in [1.29, 1.82) is 0 Å². The van der Waals surface area contributed by atoms with Crippen LogP contribution in [0.3, 0.4) is 0 Å². The Morgan fingerprint density at radius 1 is 1.26 bits per heavy atom. The van der Waals surface area contributed by atoms with Crippen molar-refractivity contribution >= 4 is 27.3 Å². The zero-order valence-electron chi connectivity index (χ0n) is 15.8. The lowest BCUT2D eigenvalue weighted by molar-refractivity contribution is -0.133. The van der Waals surface area contributed by atoms with Gasteiger partial charge in [0, 0.05) is 18.0 Å². The number of rotatable bonds is 7. The van der Waals surface area contributed by atoms with Gasteiger partial charge in [0.2, 0.25) is 15.9 Å². The highest BCUT2D eigenvalue weighted by Crippen LogP contribution is 2.37. The predicted molar refractivity (Wildman–Crippen MR) is 109 cm³/mol. The molecule has 0 aliphatic carbocycles. The van der Waals surface area contributed by atoms with E-state index in [0.717, 1.165) is 30.4 Å². The Hall–Kier alpha value is -1.70. The van der Waals surface area contributed by atoms with Crippen molar-refractivity contribution < 1.29 is 13.2 Å². The van der Waals surface area contributed by atoms with Gasteiger partial charge in [0.05, 0.1) is 18.8 Å². The van der Waals surface area contributed by atoms with Crippen molar-refractivity contribution in [3.05, 3.63) is 57.8 Å². The smallest absolute Gasteiger partial charge is 0.238 e. The molecule has 3 rings (SSSR count). The normalized spacial score (nSPS) is 17.1. The Morgan fingerprint density at radius 3 is 2.67 bits per heavy atom. The predicted octanol–water partition coefficient (Wildman–Crippen LogP) is 3.28. The van der Waals surface area contributed by atoms with E-state index in [1.165, 1.54) is 15.4 Å². The summed E-state index contributed by atoms with van der Waals surface area (Å²) in [5, 5.41) is 2.07. The number of fused-ring (bicyclic) bond motifs is 1. The van der Waals surface area contributed by atoms with Crippen LogP contribution in [0, 0.1) is 0 Å². The van der Waals surface area contributed by atoms with Gasteiger partial charge in [0.25, 0.3) is 0 Å². The second-order valence-corrected chi connectivity index (χ2v) is 9.88. The SMILES string of the molecule is CCCCN(CC(=O)N1CCc2sccc2[C@@H]1c1ccccc1)S(C)(=O)=O. The highest BCUT2D eigenvalue weighted by atomic mass is 32.2. The molecule has 0 radical (unpaired) electrons. The van der Waals surface area contributed by atoms with Crippen LogP contribution < -0.4 is 0 Å². The molecule has 7 heteroatoms. The third-order valence-electron chi connectivity index (χ3n) is 4.94. The van der Waals surface area contributed by atoms with E-state index in [-0.39, 0.29) is 18.5 Å². The van der Waals surface area contributed by atoms with E-state index in [4.69, 9.17) is 0 Å². The first kappa shape index (κ1) is 20.0. The van der Waals surface area contributed by atoms with Crippen molar-refractivity contribution in [2.24, 2.45) is 0 Å². The summed E-state index contributed by atoms with van der Waals surface area (Å²) < 4.78 is 25.6. The molecule has 27 heavy (non-hydrogen) atoms. The minimum atomic E-state index is -3.41. The number of unbranched alkanes of at least 4 members (excludes halogenated alkanes) is 1. The molecule has 146 valence electrons. The summed E-state index contributed by atoms with van der Waals surface area (Å²) in [6.45, 7) is 2.91. The first-order valence-corrected chi connectivity index (χ1v) is 12.0. The van der Waals surface area contributed by atoms with Gasteiger partial charge in [-0.2, -0.15) is 4.31 Å². The van der Waals surface area contributed by atoms with E-state index in [0.29, 0.717) is 13.1 Å². The van der Waals surface area contributed by atoms with E-state index >= 15 is 0 Å². The van der Waals surface area contributed by atoms with Crippen molar-refractivity contribution in [3.8, 4) is 0 Å². The van der Waals surface area contributed by atoms with Crippen LogP contribution in [0.4, 0.5) is 0 Å². The molecule has 0 spiro atoms. The number of thiophene rings is 1. The van der Waals surface area contributed by atoms with E-state index in [1.54, 1.807) is 11.3 Å². The Kier molecular flexibility index (Phi) is 6.34. The molecule has 1 aliphatic heterocycles. The topological polar surface area (TPSA) is 57.7 Å². The second-order valence-electron chi connectivity index (χ2n) is 6.90. The van der Waals surface area contributed by atoms with Crippen LogP contribution in [0.25, 0.3) is 0 Å². The number of carbonyl (C=O) groups excluding carboxylic acids is 1. The number of nitrogens with zero attached hydrogens (tertiary/aromatic N) is 2. The van der Waals surface area contributed by atoms with E-state index in [1.807, 2.05) is 42.2 Å². The highest BCUT2D eigenvalue weighted by Gasteiger charge is 2.34. The molecule has 2 aromatic rings. The van der Waals surface area contributed by atoms with E-state index in [2.05, 4.69) is 11.4 Å². The highest BCUT2D eigenvalue weighted by molar-refractivity contribution is 7.88. The minimum Gasteiger partial charge on any atom is -0.330 e. The molecule has 0 bridgehead atoms. The molecule has 1 amide bonds. The van der Waals surface area contributed by atoms with Crippen LogP contribution in [0.15, 0.2) is 41.8 Å². The summed E-state index contributed by atoms with van der Waals surface area (Å²) in [7, 11) is -3.41. The summed E-state index contributed by atoms with van der Waals surface area (Å²) in [5.74, 6) is -0.137. The van der Waals surface area contributed by atoms with Gasteiger partial charge >= 0.3 is 0 Å². The Morgan fingerprint density at radius 2 is 2.00 bits per heavy atom. The summed E-state index contributed by atoms with van der Waals surface area (Å²) in [4.78, 5) is 16.3. The lowest BCUT2D eigenvalue weighted by atomic mass is 9.93. The van der Waals surface area contributed by atoms with Gasteiger partial charge in [-0.25, -0.2) is 8.42 Å². The van der Waals surface area contributed by atoms with Gasteiger partial charge < -0.3 is 4.90 Å². The van der Waals surface area contributed by atoms with Gasteiger partial charge in [-0.1, -0.05) is 43.7 Å². The molecule has 1 atom stereocenters. The molecule has 2 heterocycles. The number of amides is 1. The fourth-order valence-electron chi connectivity index (χ4n) is 3.52. The van der Waals surface area contributed by atoms with Gasteiger partial charge in [0.1, 0.15) is 0 Å². The summed E-state index contributed by atoms with van der Waals surface area (Å²) >= 11 is 1.72. The monoisotopic (exact) mass is 406 g/mol. The Balaban J connectivity index is 1.88. The molecule has 1 aromatic heterocycles. The Bertz CT molecular complexity index is 878. The van der Waals surface area contributed by atoms with Crippen LogP contribution in [0.2, 0.25) is 0 Å². The van der Waals surface area contributed by atoms with E-state index in [9.17, 15) is 13.2 Å². The molecule has 0 N–H and O–H groups in total. The average molecular weight is 407 g/mol. The summed E-state index contributed by atoms with van der Waals surface area (Å²) in [5.41, 5.74) is 2.22. The lowest BCUT2D eigenvalue weighted by Gasteiger charge is -2.37. The molecule has 0 fully saturated rings. The minimum absolute atomic E-state index is 0.0956. The molecule has 5 nitrogen and oxygen atoms in total. The van der Waals surface area contributed by atoms with Gasteiger partial charge in [-0.05, 0) is 35.4 Å². The van der Waals surface area contributed by atoms with Crippen LogP contribution in [-0.4, -0.2) is 49.4 Å². The maximum Gasteiger partial charge on any atom is 0.238 e. The van der Waals surface area contributed by atoms with Crippen molar-refractivity contribution in [2.75, 3.05) is 25.9 Å². The van der Waals surface area contributed by atoms with Gasteiger partial charge in [0.15, 0.2) is 0 Å². The van der Waals surface area contributed by atoms with Crippen LogP contribution in [0.1, 0.15) is 41.8 Å². The van der Waals surface area contributed by atoms with Crippen LogP contribution in [0.5, 0.6) is 0 Å². The second kappa shape index (κ2) is 8.54. The molecular weight excluding hydrogens is 380 g/mol. The lowest BCUT2D eigenvalue weighted by Crippen LogP contribution is -2.46. The van der Waals surface area contributed by atoms with Crippen molar-refractivity contribution in [3.63, 3.8) is 0 Å². The maximum atomic E-state index is 13.2. The molecule has 0 unspecified atom stereocenters. The fourth-order valence-corrected chi connectivity index (χ4v) is 5.23. The zero-order valence-corrected chi connectivity index (χ0v) is 17.4. The van der Waals surface area contributed by atoms with Gasteiger partial charge in [-0.3, -0.25) is 4.79 Å². The number of sulfonamides is 1. The van der Waals surface area contributed by atoms with E-state index < -0.39 is 10.0 Å². The largest absolute Gasteiger partial charge is 0.330 e. The summed E-state index contributed by atoms with van der Waals surface area (Å²) in [6.07, 6.45) is 3.62. The van der Waals surface area contributed by atoms with Crippen molar-refractivity contribution in [1.82, 2.24) is 9.21 Å². The number of carbonyl (C=O) groups is 1. The van der Waals surface area contributed by atoms with Crippen molar-refractivity contribution in [2.45, 2.75) is 32.2 Å².